The second-order valence-electron chi connectivity index (χ2n) is 6.64. The third-order valence-corrected chi connectivity index (χ3v) is 4.79. The Morgan fingerprint density at radius 3 is 2.62 bits per heavy atom. The molecule has 0 radical (unpaired) electrons. The summed E-state index contributed by atoms with van der Waals surface area (Å²) in [5.41, 5.74) is 3.49. The Kier molecular flexibility index (Phi) is 4.24. The molecule has 0 saturated carbocycles. The van der Waals surface area contributed by atoms with Gasteiger partial charge < -0.3 is 19.9 Å². The first-order chi connectivity index (χ1) is 12.6. The van der Waals surface area contributed by atoms with Crippen LogP contribution < -0.4 is 15.0 Å². The molecule has 134 valence electrons. The number of aryl methyl sites for hydroxylation is 1. The zero-order chi connectivity index (χ0) is 18.1. The van der Waals surface area contributed by atoms with Gasteiger partial charge in [0.05, 0.1) is 11.4 Å². The van der Waals surface area contributed by atoms with Crippen molar-refractivity contribution in [2.45, 2.75) is 6.92 Å². The van der Waals surface area contributed by atoms with Crippen LogP contribution in [0.4, 0.5) is 11.4 Å². The van der Waals surface area contributed by atoms with Crippen LogP contribution in [0, 0.1) is 6.92 Å². The van der Waals surface area contributed by atoms with Crippen LogP contribution >= 0.6 is 0 Å². The Labute approximate surface area is 152 Å². The van der Waals surface area contributed by atoms with Gasteiger partial charge in [0.2, 0.25) is 0 Å². The summed E-state index contributed by atoms with van der Waals surface area (Å²) < 4.78 is 5.64. The summed E-state index contributed by atoms with van der Waals surface area (Å²) in [4.78, 5) is 28.3. The van der Waals surface area contributed by atoms with E-state index in [9.17, 15) is 9.59 Å². The fourth-order valence-electron chi connectivity index (χ4n) is 3.46. The minimum absolute atomic E-state index is 0.0375. The molecule has 2 aliphatic rings. The summed E-state index contributed by atoms with van der Waals surface area (Å²) in [5, 5.41) is 2.84. The van der Waals surface area contributed by atoms with Crippen LogP contribution in [0.1, 0.15) is 15.9 Å². The second kappa shape index (κ2) is 6.71. The monoisotopic (exact) mass is 351 g/mol. The van der Waals surface area contributed by atoms with Gasteiger partial charge >= 0.3 is 0 Å². The molecule has 0 spiro atoms. The zero-order valence-electron chi connectivity index (χ0n) is 14.7. The summed E-state index contributed by atoms with van der Waals surface area (Å²) in [7, 11) is 0. The van der Waals surface area contributed by atoms with Crippen molar-refractivity contribution in [1.82, 2.24) is 4.90 Å². The molecule has 0 atom stereocenters. The number of carbonyl (C=O) groups is 2. The molecule has 2 heterocycles. The van der Waals surface area contributed by atoms with E-state index in [1.54, 1.807) is 0 Å². The molecule has 1 saturated heterocycles. The van der Waals surface area contributed by atoms with E-state index in [1.807, 2.05) is 54.3 Å². The predicted molar refractivity (Wildman–Crippen MR) is 99.9 cm³/mol. The highest BCUT2D eigenvalue weighted by Crippen LogP contribution is 2.38. The Morgan fingerprint density at radius 1 is 1.08 bits per heavy atom. The Hall–Kier alpha value is -3.02. The number of amides is 2. The second-order valence-corrected chi connectivity index (χ2v) is 6.64. The van der Waals surface area contributed by atoms with Gasteiger partial charge in [-0.05, 0) is 31.2 Å². The number of piperazine rings is 1. The van der Waals surface area contributed by atoms with Crippen LogP contribution in [0.2, 0.25) is 0 Å². The Balaban J connectivity index is 1.47. The molecule has 2 amide bonds. The minimum Gasteiger partial charge on any atom is -0.479 e. The highest BCUT2D eigenvalue weighted by Gasteiger charge is 2.26. The topological polar surface area (TPSA) is 61.9 Å². The number of nitrogens with one attached hydrogen (secondary N) is 1. The number of benzene rings is 2. The fourth-order valence-corrected chi connectivity index (χ4v) is 3.46. The van der Waals surface area contributed by atoms with E-state index in [4.69, 9.17) is 4.74 Å². The fraction of sp³-hybridized carbons (Fsp3) is 0.300. The quantitative estimate of drug-likeness (QED) is 0.902. The minimum atomic E-state index is -0.136. The molecular formula is C20H21N3O3. The molecular weight excluding hydrogens is 330 g/mol. The van der Waals surface area contributed by atoms with Gasteiger partial charge in [-0.3, -0.25) is 9.59 Å². The van der Waals surface area contributed by atoms with Gasteiger partial charge in [0, 0.05) is 31.7 Å². The standard InChI is InChI=1S/C20H21N3O3/c1-14-4-2-5-15(12-14)20(25)23-10-8-22(9-11-23)17-7-3-6-16-19(17)26-13-18(24)21-16/h2-7,12H,8-11,13H2,1H3,(H,21,24). The lowest BCUT2D eigenvalue weighted by Gasteiger charge is -2.37. The van der Waals surface area contributed by atoms with Crippen molar-refractivity contribution < 1.29 is 14.3 Å². The van der Waals surface area contributed by atoms with E-state index < -0.39 is 0 Å². The molecule has 1 N–H and O–H groups in total. The van der Waals surface area contributed by atoms with Crippen molar-refractivity contribution in [2.24, 2.45) is 0 Å². The van der Waals surface area contributed by atoms with E-state index in [1.165, 1.54) is 0 Å². The molecule has 0 bridgehead atoms. The first-order valence-corrected chi connectivity index (χ1v) is 8.78. The van der Waals surface area contributed by atoms with Gasteiger partial charge in [-0.15, -0.1) is 0 Å². The van der Waals surface area contributed by atoms with E-state index in [0.717, 1.165) is 29.9 Å². The lowest BCUT2D eigenvalue weighted by atomic mass is 10.1. The third-order valence-electron chi connectivity index (χ3n) is 4.79. The van der Waals surface area contributed by atoms with Crippen LogP contribution in [0.3, 0.4) is 0 Å². The predicted octanol–water partition coefficient (Wildman–Crippen LogP) is 2.29. The van der Waals surface area contributed by atoms with Crippen LogP contribution in [0.15, 0.2) is 42.5 Å². The van der Waals surface area contributed by atoms with Crippen molar-refractivity contribution in [3.63, 3.8) is 0 Å². The lowest BCUT2D eigenvalue weighted by Crippen LogP contribution is -2.49. The molecule has 2 aromatic rings. The lowest BCUT2D eigenvalue weighted by molar-refractivity contribution is -0.118. The summed E-state index contributed by atoms with van der Waals surface area (Å²) >= 11 is 0. The largest absolute Gasteiger partial charge is 0.479 e. The highest BCUT2D eigenvalue weighted by atomic mass is 16.5. The van der Waals surface area contributed by atoms with Gasteiger partial charge in [0.1, 0.15) is 0 Å². The third kappa shape index (κ3) is 3.10. The van der Waals surface area contributed by atoms with Crippen molar-refractivity contribution in [1.29, 1.82) is 0 Å². The number of hydrogen-bond acceptors (Lipinski definition) is 4. The van der Waals surface area contributed by atoms with Crippen LogP contribution in [0.5, 0.6) is 5.75 Å². The zero-order valence-corrected chi connectivity index (χ0v) is 14.7. The summed E-state index contributed by atoms with van der Waals surface area (Å²) in [6.07, 6.45) is 0. The molecule has 2 aliphatic heterocycles. The van der Waals surface area contributed by atoms with Crippen molar-refractivity contribution in [2.75, 3.05) is 43.0 Å². The first kappa shape index (κ1) is 16.4. The summed E-state index contributed by atoms with van der Waals surface area (Å²) in [6, 6.07) is 13.5. The number of para-hydroxylation sites is 1. The smallest absolute Gasteiger partial charge is 0.262 e. The number of hydrogen-bond donors (Lipinski definition) is 1. The maximum Gasteiger partial charge on any atom is 0.262 e. The number of ether oxygens (including phenoxy) is 1. The Bertz CT molecular complexity index is 857. The molecule has 6 heteroatoms. The average molecular weight is 351 g/mol. The first-order valence-electron chi connectivity index (χ1n) is 8.78. The number of carbonyl (C=O) groups excluding carboxylic acids is 2. The van der Waals surface area contributed by atoms with Crippen LogP contribution in [-0.4, -0.2) is 49.5 Å². The molecule has 6 nitrogen and oxygen atoms in total. The molecule has 26 heavy (non-hydrogen) atoms. The number of nitrogens with zero attached hydrogens (tertiary/aromatic N) is 2. The maximum atomic E-state index is 12.7. The van der Waals surface area contributed by atoms with E-state index in [-0.39, 0.29) is 18.4 Å². The normalized spacial score (nSPS) is 16.6. The van der Waals surface area contributed by atoms with E-state index >= 15 is 0 Å². The molecule has 2 aromatic carbocycles. The van der Waals surface area contributed by atoms with E-state index in [2.05, 4.69) is 10.2 Å². The van der Waals surface area contributed by atoms with Crippen LogP contribution in [0.25, 0.3) is 0 Å². The maximum absolute atomic E-state index is 12.7. The van der Waals surface area contributed by atoms with Crippen LogP contribution in [-0.2, 0) is 4.79 Å². The molecule has 1 fully saturated rings. The molecule has 0 unspecified atom stereocenters. The SMILES string of the molecule is Cc1cccc(C(=O)N2CCN(c3cccc4c3OCC(=O)N4)CC2)c1. The molecule has 0 aliphatic carbocycles. The Morgan fingerprint density at radius 2 is 1.85 bits per heavy atom. The van der Waals surface area contributed by atoms with Gasteiger partial charge in [0.25, 0.3) is 11.8 Å². The number of anilines is 2. The van der Waals surface area contributed by atoms with Crippen molar-refractivity contribution >= 4 is 23.2 Å². The number of fused-ring (bicyclic) bond motifs is 1. The molecule has 0 aromatic heterocycles. The van der Waals surface area contributed by atoms with Gasteiger partial charge in [-0.1, -0.05) is 23.8 Å². The summed E-state index contributed by atoms with van der Waals surface area (Å²) in [6.45, 7) is 4.80. The van der Waals surface area contributed by atoms with Gasteiger partial charge in [0.15, 0.2) is 12.4 Å². The van der Waals surface area contributed by atoms with Gasteiger partial charge in [-0.2, -0.15) is 0 Å². The van der Waals surface area contributed by atoms with E-state index in [0.29, 0.717) is 24.5 Å². The number of rotatable bonds is 2. The average Bonchev–Trinajstić information content (AvgIpc) is 2.67. The molecule has 4 rings (SSSR count). The highest BCUT2D eigenvalue weighted by molar-refractivity contribution is 5.97. The van der Waals surface area contributed by atoms with Gasteiger partial charge in [-0.25, -0.2) is 0 Å². The van der Waals surface area contributed by atoms with Crippen molar-refractivity contribution in [3.8, 4) is 5.75 Å². The summed E-state index contributed by atoms with van der Waals surface area (Å²) in [5.74, 6) is 0.653. The van der Waals surface area contributed by atoms with Crippen molar-refractivity contribution in [3.05, 3.63) is 53.6 Å².